The second-order valence-electron chi connectivity index (χ2n) is 8.21. The minimum absolute atomic E-state index is 0.118. The molecular formula is C20H33NO4. The lowest BCUT2D eigenvalue weighted by Crippen LogP contribution is -2.58. The summed E-state index contributed by atoms with van der Waals surface area (Å²) in [6.07, 6.45) is 5.42. The maximum absolute atomic E-state index is 12.4. The van der Waals surface area contributed by atoms with Gasteiger partial charge in [0.1, 0.15) is 12.2 Å². The first-order valence-electron chi connectivity index (χ1n) is 9.55. The minimum atomic E-state index is -0.489. The van der Waals surface area contributed by atoms with E-state index in [-0.39, 0.29) is 19.1 Å². The molecule has 0 aliphatic heterocycles. The summed E-state index contributed by atoms with van der Waals surface area (Å²) in [5.74, 6) is 2.02. The van der Waals surface area contributed by atoms with Crippen molar-refractivity contribution in [2.24, 2.45) is 29.6 Å². The quantitative estimate of drug-likeness (QED) is 0.447. The van der Waals surface area contributed by atoms with E-state index in [1.54, 1.807) is 0 Å². The molecule has 0 radical (unpaired) electrons. The van der Waals surface area contributed by atoms with Crippen molar-refractivity contribution in [2.45, 2.75) is 59.0 Å². The summed E-state index contributed by atoms with van der Waals surface area (Å²) in [5, 5.41) is 2.72. The number of carbonyl (C=O) groups is 2. The summed E-state index contributed by atoms with van der Waals surface area (Å²) >= 11 is 0. The first-order valence-corrected chi connectivity index (χ1v) is 9.55. The number of hydrogen-bond donors (Lipinski definition) is 1. The molecule has 142 valence electrons. The molecule has 25 heavy (non-hydrogen) atoms. The Bertz CT molecular complexity index is 500. The van der Waals surface area contributed by atoms with Gasteiger partial charge in [-0.25, -0.2) is 9.59 Å². The summed E-state index contributed by atoms with van der Waals surface area (Å²) in [7, 11) is 0. The molecule has 2 aliphatic carbocycles. The number of esters is 1. The van der Waals surface area contributed by atoms with Crippen LogP contribution in [0.2, 0.25) is 0 Å². The van der Waals surface area contributed by atoms with Crippen LogP contribution in [0.5, 0.6) is 0 Å². The van der Waals surface area contributed by atoms with E-state index in [2.05, 4.69) is 39.6 Å². The normalized spacial score (nSPS) is 34.3. The van der Waals surface area contributed by atoms with Crippen LogP contribution in [0, 0.1) is 29.6 Å². The Kier molecular flexibility index (Phi) is 6.53. The van der Waals surface area contributed by atoms with E-state index in [0.717, 1.165) is 31.3 Å². The third kappa shape index (κ3) is 4.36. The number of hydrogen-bond acceptors (Lipinski definition) is 4. The van der Waals surface area contributed by atoms with Crippen LogP contribution < -0.4 is 5.32 Å². The number of fused-ring (bicyclic) bond motifs is 2. The highest BCUT2D eigenvalue weighted by Crippen LogP contribution is 2.54. The number of nitrogens with one attached hydrogen (secondary N) is 1. The molecule has 0 aromatic carbocycles. The number of alkyl carbamates (subject to hydrolysis) is 1. The SMILES string of the molecule is C=CC(=O)OCCNC(=O)OC1(C(C)C)C(C)CC2CC(C)CC1C2. The second kappa shape index (κ2) is 8.24. The summed E-state index contributed by atoms with van der Waals surface area (Å²) in [5.41, 5.74) is -0.410. The Balaban J connectivity index is 2.00. The molecule has 2 bridgehead atoms. The van der Waals surface area contributed by atoms with Gasteiger partial charge >= 0.3 is 12.1 Å². The van der Waals surface area contributed by atoms with Crippen LogP contribution in [-0.4, -0.2) is 30.8 Å². The smallest absolute Gasteiger partial charge is 0.407 e. The van der Waals surface area contributed by atoms with Crippen molar-refractivity contribution < 1.29 is 19.1 Å². The van der Waals surface area contributed by atoms with Gasteiger partial charge in [-0.05, 0) is 55.3 Å². The van der Waals surface area contributed by atoms with Gasteiger partial charge in [-0.3, -0.25) is 0 Å². The standard InChI is InChI=1S/C20H33NO4/c1-6-18(22)24-8-7-21-19(23)25-20(13(2)3)15(5)11-16-9-14(4)10-17(20)12-16/h6,13-17H,1,7-12H2,2-5H3,(H,21,23). The van der Waals surface area contributed by atoms with Crippen molar-refractivity contribution in [1.82, 2.24) is 5.32 Å². The van der Waals surface area contributed by atoms with Gasteiger partial charge in [0.2, 0.25) is 0 Å². The Hall–Kier alpha value is -1.52. The molecule has 5 heteroatoms. The van der Waals surface area contributed by atoms with Gasteiger partial charge in [-0.1, -0.05) is 34.3 Å². The largest absolute Gasteiger partial charge is 0.461 e. The van der Waals surface area contributed by atoms with Gasteiger partial charge in [-0.15, -0.1) is 0 Å². The molecule has 2 rings (SSSR count). The van der Waals surface area contributed by atoms with Crippen molar-refractivity contribution in [3.8, 4) is 0 Å². The van der Waals surface area contributed by atoms with Gasteiger partial charge in [0.25, 0.3) is 0 Å². The monoisotopic (exact) mass is 351 g/mol. The zero-order valence-electron chi connectivity index (χ0n) is 16.0. The molecule has 5 nitrogen and oxygen atoms in total. The van der Waals surface area contributed by atoms with E-state index >= 15 is 0 Å². The van der Waals surface area contributed by atoms with E-state index in [0.29, 0.717) is 17.8 Å². The minimum Gasteiger partial charge on any atom is -0.461 e. The number of ether oxygens (including phenoxy) is 2. The van der Waals surface area contributed by atoms with Gasteiger partial charge in [-0.2, -0.15) is 0 Å². The number of rotatable bonds is 6. The molecule has 0 heterocycles. The molecular weight excluding hydrogens is 318 g/mol. The highest BCUT2D eigenvalue weighted by Gasteiger charge is 2.55. The van der Waals surface area contributed by atoms with Crippen LogP contribution in [0.4, 0.5) is 4.79 Å². The van der Waals surface area contributed by atoms with E-state index in [9.17, 15) is 9.59 Å². The van der Waals surface area contributed by atoms with E-state index in [1.807, 2.05) is 0 Å². The third-order valence-corrected chi connectivity index (χ3v) is 6.09. The lowest BCUT2D eigenvalue weighted by Gasteiger charge is -2.55. The van der Waals surface area contributed by atoms with Crippen LogP contribution in [0.15, 0.2) is 12.7 Å². The average molecular weight is 351 g/mol. The first-order chi connectivity index (χ1) is 11.8. The van der Waals surface area contributed by atoms with E-state index < -0.39 is 17.7 Å². The second-order valence-corrected chi connectivity index (χ2v) is 8.21. The molecule has 1 amide bonds. The average Bonchev–Trinajstić information content (AvgIpc) is 2.54. The topological polar surface area (TPSA) is 64.6 Å². The van der Waals surface area contributed by atoms with Crippen LogP contribution in [-0.2, 0) is 14.3 Å². The summed E-state index contributed by atoms with van der Waals surface area (Å²) < 4.78 is 11.0. The molecule has 0 aromatic heterocycles. The lowest BCUT2D eigenvalue weighted by atomic mass is 9.55. The highest BCUT2D eigenvalue weighted by atomic mass is 16.6. The van der Waals surface area contributed by atoms with E-state index in [1.165, 1.54) is 6.42 Å². The fourth-order valence-corrected chi connectivity index (χ4v) is 5.30. The summed E-state index contributed by atoms with van der Waals surface area (Å²) in [6, 6.07) is 0. The van der Waals surface area contributed by atoms with Crippen molar-refractivity contribution in [1.29, 1.82) is 0 Å². The Labute approximate surface area is 151 Å². The molecule has 2 aliphatic rings. The predicted molar refractivity (Wildman–Crippen MR) is 97.0 cm³/mol. The van der Waals surface area contributed by atoms with Gasteiger partial charge in [0, 0.05) is 6.08 Å². The van der Waals surface area contributed by atoms with Crippen molar-refractivity contribution >= 4 is 12.1 Å². The van der Waals surface area contributed by atoms with Crippen LogP contribution in [0.25, 0.3) is 0 Å². The van der Waals surface area contributed by atoms with Crippen molar-refractivity contribution in [2.75, 3.05) is 13.2 Å². The highest BCUT2D eigenvalue weighted by molar-refractivity contribution is 5.81. The fraction of sp³-hybridized carbons (Fsp3) is 0.800. The van der Waals surface area contributed by atoms with Gasteiger partial charge in [0.05, 0.1) is 6.54 Å². The fourth-order valence-electron chi connectivity index (χ4n) is 5.30. The van der Waals surface area contributed by atoms with Crippen LogP contribution >= 0.6 is 0 Å². The van der Waals surface area contributed by atoms with Crippen molar-refractivity contribution in [3.05, 3.63) is 12.7 Å². The van der Waals surface area contributed by atoms with Gasteiger partial charge < -0.3 is 14.8 Å². The number of carbonyl (C=O) groups excluding carboxylic acids is 2. The summed E-state index contributed by atoms with van der Waals surface area (Å²) in [4.78, 5) is 23.5. The van der Waals surface area contributed by atoms with Gasteiger partial charge in [0.15, 0.2) is 0 Å². The van der Waals surface area contributed by atoms with Crippen LogP contribution in [0.1, 0.15) is 53.4 Å². The molecule has 5 atom stereocenters. The third-order valence-electron chi connectivity index (χ3n) is 6.09. The molecule has 2 saturated carbocycles. The zero-order chi connectivity index (χ0) is 18.6. The Morgan fingerprint density at radius 1 is 1.24 bits per heavy atom. The lowest BCUT2D eigenvalue weighted by molar-refractivity contribution is -0.155. The predicted octanol–water partition coefficient (Wildman–Crippen LogP) is 3.93. The molecule has 0 aromatic rings. The van der Waals surface area contributed by atoms with Crippen molar-refractivity contribution in [3.63, 3.8) is 0 Å². The Morgan fingerprint density at radius 2 is 1.96 bits per heavy atom. The molecule has 1 N–H and O–H groups in total. The molecule has 2 fully saturated rings. The molecule has 0 saturated heterocycles. The molecule has 0 spiro atoms. The molecule has 5 unspecified atom stereocenters. The first kappa shape index (κ1) is 19.8. The maximum Gasteiger partial charge on any atom is 0.407 e. The summed E-state index contributed by atoms with van der Waals surface area (Å²) in [6.45, 7) is 12.6. The number of amides is 1. The van der Waals surface area contributed by atoms with Crippen LogP contribution in [0.3, 0.4) is 0 Å². The van der Waals surface area contributed by atoms with E-state index in [4.69, 9.17) is 9.47 Å². The maximum atomic E-state index is 12.4. The Morgan fingerprint density at radius 3 is 2.60 bits per heavy atom. The zero-order valence-corrected chi connectivity index (χ0v) is 16.0.